The fraction of sp³-hybridized carbons (Fsp3) is 0.250. The van der Waals surface area contributed by atoms with Gasteiger partial charge in [-0.25, -0.2) is 0 Å². The molecular weight excluding hydrogens is 312 g/mol. The Hall–Kier alpha value is -2.95. The van der Waals surface area contributed by atoms with Gasteiger partial charge < -0.3 is 4.90 Å². The van der Waals surface area contributed by atoms with Crippen molar-refractivity contribution < 1.29 is 4.79 Å². The van der Waals surface area contributed by atoms with E-state index < -0.39 is 0 Å². The van der Waals surface area contributed by atoms with Gasteiger partial charge in [0, 0.05) is 30.2 Å². The number of hydrogen-bond acceptors (Lipinski definition) is 3. The Morgan fingerprint density at radius 2 is 1.92 bits per heavy atom. The number of carbonyl (C=O) groups is 1. The van der Waals surface area contributed by atoms with Crippen molar-refractivity contribution in [1.29, 1.82) is 0 Å². The van der Waals surface area contributed by atoms with Crippen LogP contribution in [0.3, 0.4) is 0 Å². The predicted octanol–water partition coefficient (Wildman–Crippen LogP) is 3.13. The Bertz CT molecular complexity index is 824. The Balaban J connectivity index is 1.48. The van der Waals surface area contributed by atoms with E-state index in [2.05, 4.69) is 10.1 Å². The minimum Gasteiger partial charge on any atom is -0.330 e. The summed E-state index contributed by atoms with van der Waals surface area (Å²) in [5, 5.41) is 4.21. The zero-order chi connectivity index (χ0) is 17.1. The lowest BCUT2D eigenvalue weighted by molar-refractivity contribution is 0.0727. The van der Waals surface area contributed by atoms with Crippen molar-refractivity contribution in [3.05, 3.63) is 83.9 Å². The topological polar surface area (TPSA) is 51.0 Å². The standard InChI is InChI=1S/C20H20N4O/c25-20(24(19-9-10-19)15-18-4-1-2-11-21-18)17-7-5-16(6-8-17)14-23-13-3-12-22-23/h1-8,11-13,19H,9-10,14-15H2. The van der Waals surface area contributed by atoms with Crippen molar-refractivity contribution in [3.8, 4) is 0 Å². The van der Waals surface area contributed by atoms with Crippen molar-refractivity contribution in [3.63, 3.8) is 0 Å². The van der Waals surface area contributed by atoms with Crippen LogP contribution in [0.25, 0.3) is 0 Å². The van der Waals surface area contributed by atoms with Gasteiger partial charge in [-0.15, -0.1) is 0 Å². The van der Waals surface area contributed by atoms with E-state index in [0.29, 0.717) is 19.1 Å². The highest BCUT2D eigenvalue weighted by Crippen LogP contribution is 2.29. The zero-order valence-corrected chi connectivity index (χ0v) is 14.0. The van der Waals surface area contributed by atoms with E-state index in [1.807, 2.05) is 64.3 Å². The van der Waals surface area contributed by atoms with Crippen LogP contribution in [0.15, 0.2) is 67.1 Å². The maximum Gasteiger partial charge on any atom is 0.254 e. The number of aromatic nitrogens is 3. The first-order chi connectivity index (χ1) is 12.3. The molecule has 5 heteroatoms. The average molecular weight is 332 g/mol. The van der Waals surface area contributed by atoms with Gasteiger partial charge in [0.15, 0.2) is 0 Å². The van der Waals surface area contributed by atoms with Crippen LogP contribution in [-0.4, -0.2) is 31.6 Å². The molecule has 0 saturated heterocycles. The van der Waals surface area contributed by atoms with Gasteiger partial charge in [-0.2, -0.15) is 5.10 Å². The summed E-state index contributed by atoms with van der Waals surface area (Å²) in [7, 11) is 0. The molecule has 3 aromatic rings. The van der Waals surface area contributed by atoms with Gasteiger partial charge in [0.25, 0.3) is 5.91 Å². The van der Waals surface area contributed by atoms with Crippen LogP contribution in [0.5, 0.6) is 0 Å². The van der Waals surface area contributed by atoms with Gasteiger partial charge >= 0.3 is 0 Å². The van der Waals surface area contributed by atoms with Gasteiger partial charge in [-0.05, 0) is 48.7 Å². The molecule has 1 aliphatic rings. The fourth-order valence-electron chi connectivity index (χ4n) is 2.92. The normalized spacial score (nSPS) is 13.6. The number of rotatable bonds is 6. The number of hydrogen-bond donors (Lipinski definition) is 0. The molecule has 25 heavy (non-hydrogen) atoms. The third kappa shape index (κ3) is 3.76. The lowest BCUT2D eigenvalue weighted by Gasteiger charge is -2.22. The highest BCUT2D eigenvalue weighted by Gasteiger charge is 2.33. The van der Waals surface area contributed by atoms with E-state index in [4.69, 9.17) is 0 Å². The molecule has 4 rings (SSSR count). The molecule has 1 amide bonds. The summed E-state index contributed by atoms with van der Waals surface area (Å²) in [5.74, 6) is 0.0822. The molecule has 0 bridgehead atoms. The lowest BCUT2D eigenvalue weighted by Crippen LogP contribution is -2.32. The molecule has 0 unspecified atom stereocenters. The molecule has 0 N–H and O–H groups in total. The van der Waals surface area contributed by atoms with E-state index in [1.54, 1.807) is 12.4 Å². The number of carbonyl (C=O) groups excluding carboxylic acids is 1. The third-order valence-electron chi connectivity index (χ3n) is 4.41. The highest BCUT2D eigenvalue weighted by atomic mass is 16.2. The summed E-state index contributed by atoms with van der Waals surface area (Å²) in [5.41, 5.74) is 2.79. The molecule has 126 valence electrons. The Labute approximate surface area is 146 Å². The lowest BCUT2D eigenvalue weighted by atomic mass is 10.1. The number of pyridine rings is 1. The van der Waals surface area contributed by atoms with Crippen LogP contribution < -0.4 is 0 Å². The molecular formula is C20H20N4O. The maximum atomic E-state index is 12.9. The second-order valence-corrected chi connectivity index (χ2v) is 6.39. The fourth-order valence-corrected chi connectivity index (χ4v) is 2.92. The smallest absolute Gasteiger partial charge is 0.254 e. The number of amides is 1. The Morgan fingerprint density at radius 3 is 2.56 bits per heavy atom. The van der Waals surface area contributed by atoms with Gasteiger partial charge in [0.1, 0.15) is 0 Å². The molecule has 5 nitrogen and oxygen atoms in total. The monoisotopic (exact) mass is 332 g/mol. The van der Waals surface area contributed by atoms with Gasteiger partial charge in [-0.3, -0.25) is 14.5 Å². The van der Waals surface area contributed by atoms with Crippen molar-refractivity contribution in [2.45, 2.75) is 32.0 Å². The molecule has 2 aromatic heterocycles. The minimum atomic E-state index is 0.0822. The summed E-state index contributed by atoms with van der Waals surface area (Å²) < 4.78 is 1.87. The highest BCUT2D eigenvalue weighted by molar-refractivity contribution is 5.94. The zero-order valence-electron chi connectivity index (χ0n) is 14.0. The maximum absolute atomic E-state index is 12.9. The van der Waals surface area contributed by atoms with Crippen LogP contribution >= 0.6 is 0 Å². The predicted molar refractivity (Wildman–Crippen MR) is 94.9 cm³/mol. The van der Waals surface area contributed by atoms with Gasteiger partial charge in [0.05, 0.1) is 18.8 Å². The molecule has 2 heterocycles. The third-order valence-corrected chi connectivity index (χ3v) is 4.41. The second kappa shape index (κ2) is 6.89. The van der Waals surface area contributed by atoms with Crippen molar-refractivity contribution in [1.82, 2.24) is 19.7 Å². The molecule has 0 spiro atoms. The van der Waals surface area contributed by atoms with Crippen LogP contribution in [-0.2, 0) is 13.1 Å². The molecule has 1 aliphatic carbocycles. The summed E-state index contributed by atoms with van der Waals surface area (Å²) in [6, 6.07) is 15.9. The summed E-state index contributed by atoms with van der Waals surface area (Å²) in [4.78, 5) is 19.2. The van der Waals surface area contributed by atoms with E-state index in [-0.39, 0.29) is 5.91 Å². The van der Waals surface area contributed by atoms with Gasteiger partial charge in [0.2, 0.25) is 0 Å². The van der Waals surface area contributed by atoms with E-state index in [0.717, 1.165) is 29.7 Å². The SMILES string of the molecule is O=C(c1ccc(Cn2cccn2)cc1)N(Cc1ccccn1)C1CC1. The quantitative estimate of drug-likeness (QED) is 0.697. The van der Waals surface area contributed by atoms with Gasteiger partial charge in [-0.1, -0.05) is 18.2 Å². The minimum absolute atomic E-state index is 0.0822. The Kier molecular flexibility index (Phi) is 4.29. The van der Waals surface area contributed by atoms with Crippen molar-refractivity contribution >= 4 is 5.91 Å². The summed E-state index contributed by atoms with van der Waals surface area (Å²) >= 11 is 0. The largest absolute Gasteiger partial charge is 0.330 e. The summed E-state index contributed by atoms with van der Waals surface area (Å²) in [6.45, 7) is 1.28. The van der Waals surface area contributed by atoms with E-state index in [1.165, 1.54) is 0 Å². The van der Waals surface area contributed by atoms with Crippen molar-refractivity contribution in [2.75, 3.05) is 0 Å². The van der Waals surface area contributed by atoms with E-state index >= 15 is 0 Å². The first-order valence-corrected chi connectivity index (χ1v) is 8.57. The summed E-state index contributed by atoms with van der Waals surface area (Å²) in [6.07, 6.45) is 7.63. The van der Waals surface area contributed by atoms with Crippen LogP contribution in [0, 0.1) is 0 Å². The molecule has 1 saturated carbocycles. The first-order valence-electron chi connectivity index (χ1n) is 8.57. The first kappa shape index (κ1) is 15.6. The number of nitrogens with zero attached hydrogens (tertiary/aromatic N) is 4. The second-order valence-electron chi connectivity index (χ2n) is 6.39. The number of benzene rings is 1. The van der Waals surface area contributed by atoms with Crippen LogP contribution in [0.2, 0.25) is 0 Å². The van der Waals surface area contributed by atoms with Crippen LogP contribution in [0.4, 0.5) is 0 Å². The average Bonchev–Trinajstić information content (AvgIpc) is 3.37. The molecule has 0 radical (unpaired) electrons. The molecule has 1 aromatic carbocycles. The van der Waals surface area contributed by atoms with Crippen LogP contribution in [0.1, 0.15) is 34.5 Å². The molecule has 0 atom stereocenters. The Morgan fingerprint density at radius 1 is 1.08 bits per heavy atom. The molecule has 1 fully saturated rings. The van der Waals surface area contributed by atoms with E-state index in [9.17, 15) is 4.79 Å². The van der Waals surface area contributed by atoms with Crippen molar-refractivity contribution in [2.24, 2.45) is 0 Å². The molecule has 0 aliphatic heterocycles.